The van der Waals surface area contributed by atoms with Gasteiger partial charge in [0.1, 0.15) is 30.2 Å². The molecule has 0 aromatic heterocycles. The van der Waals surface area contributed by atoms with Gasteiger partial charge in [-0.15, -0.1) is 0 Å². The number of benzene rings is 1. The summed E-state index contributed by atoms with van der Waals surface area (Å²) in [6.07, 6.45) is -6.44. The summed E-state index contributed by atoms with van der Waals surface area (Å²) >= 11 is 0. The third-order valence-corrected chi connectivity index (χ3v) is 2.98. The van der Waals surface area contributed by atoms with Crippen molar-refractivity contribution in [3.63, 3.8) is 0 Å². The number of aliphatic hydroxyl groups is 4. The maximum Gasteiger partial charge on any atom is 0.229 e. The van der Waals surface area contributed by atoms with Crippen LogP contribution in [-0.2, 0) is 4.74 Å². The van der Waals surface area contributed by atoms with E-state index in [9.17, 15) is 15.3 Å². The Bertz CT molecular complexity index is 409. The molecule has 7 nitrogen and oxygen atoms in total. The Balaban J connectivity index is 2.08. The molecule has 19 heavy (non-hydrogen) atoms. The number of hydrogen-bond donors (Lipinski definition) is 5. The molecule has 1 saturated heterocycles. The summed E-state index contributed by atoms with van der Waals surface area (Å²) in [7, 11) is 0. The molecule has 0 saturated carbocycles. The van der Waals surface area contributed by atoms with E-state index in [-0.39, 0.29) is 0 Å². The Kier molecular flexibility index (Phi) is 4.23. The molecule has 0 aliphatic carbocycles. The van der Waals surface area contributed by atoms with E-state index in [0.29, 0.717) is 11.4 Å². The van der Waals surface area contributed by atoms with Gasteiger partial charge in [0.2, 0.25) is 6.29 Å². The zero-order valence-corrected chi connectivity index (χ0v) is 10.1. The number of rotatable bonds is 3. The third-order valence-electron chi connectivity index (χ3n) is 2.98. The summed E-state index contributed by atoms with van der Waals surface area (Å²) in [6, 6.07) is 6.38. The fraction of sp³-hybridized carbons (Fsp3) is 0.500. The molecule has 0 unspecified atom stereocenters. The molecule has 2 rings (SSSR count). The second-order valence-electron chi connectivity index (χ2n) is 4.38. The summed E-state index contributed by atoms with van der Waals surface area (Å²) in [5.74, 6) is 0.388. The van der Waals surface area contributed by atoms with E-state index in [4.69, 9.17) is 20.3 Å². The number of ether oxygens (including phenoxy) is 2. The van der Waals surface area contributed by atoms with E-state index < -0.39 is 37.3 Å². The first kappa shape index (κ1) is 14.0. The molecule has 1 aliphatic heterocycles. The Labute approximate surface area is 109 Å². The molecule has 1 aromatic rings. The van der Waals surface area contributed by atoms with Crippen LogP contribution in [0.25, 0.3) is 0 Å². The number of nitrogen functional groups attached to an aromatic ring is 1. The molecule has 0 radical (unpaired) electrons. The van der Waals surface area contributed by atoms with Crippen LogP contribution in [0.1, 0.15) is 0 Å². The van der Waals surface area contributed by atoms with Gasteiger partial charge >= 0.3 is 0 Å². The van der Waals surface area contributed by atoms with Crippen molar-refractivity contribution in [2.24, 2.45) is 0 Å². The second kappa shape index (κ2) is 5.72. The van der Waals surface area contributed by atoms with Crippen molar-refractivity contribution in [2.75, 3.05) is 12.3 Å². The van der Waals surface area contributed by atoms with Crippen LogP contribution in [-0.4, -0.2) is 57.7 Å². The predicted molar refractivity (Wildman–Crippen MR) is 65.2 cm³/mol. The summed E-state index contributed by atoms with van der Waals surface area (Å²) in [5.41, 5.74) is 6.09. The lowest BCUT2D eigenvalue weighted by molar-refractivity contribution is -0.277. The molecule has 5 atom stereocenters. The fourth-order valence-corrected chi connectivity index (χ4v) is 1.85. The minimum atomic E-state index is -1.45. The maximum absolute atomic E-state index is 9.77. The van der Waals surface area contributed by atoms with Gasteiger partial charge in [0.25, 0.3) is 0 Å². The van der Waals surface area contributed by atoms with E-state index in [1.807, 2.05) is 0 Å². The lowest BCUT2D eigenvalue weighted by Gasteiger charge is -2.39. The van der Waals surface area contributed by atoms with E-state index in [2.05, 4.69) is 0 Å². The molecule has 1 aliphatic rings. The lowest BCUT2D eigenvalue weighted by atomic mass is 9.99. The van der Waals surface area contributed by atoms with Gasteiger partial charge in [-0.05, 0) is 24.3 Å². The Morgan fingerprint density at radius 2 is 1.68 bits per heavy atom. The van der Waals surface area contributed by atoms with Gasteiger partial charge in [-0.25, -0.2) is 0 Å². The first-order valence-corrected chi connectivity index (χ1v) is 5.85. The smallest absolute Gasteiger partial charge is 0.229 e. The van der Waals surface area contributed by atoms with Crippen LogP contribution in [0.15, 0.2) is 24.3 Å². The van der Waals surface area contributed by atoms with E-state index in [1.165, 1.54) is 0 Å². The summed E-state index contributed by atoms with van der Waals surface area (Å²) in [4.78, 5) is 0. The third kappa shape index (κ3) is 2.96. The average Bonchev–Trinajstić information content (AvgIpc) is 2.42. The molecular formula is C12H17NO6. The highest BCUT2D eigenvalue weighted by molar-refractivity contribution is 5.41. The number of nitrogens with two attached hydrogens (primary N) is 1. The largest absolute Gasteiger partial charge is 0.462 e. The molecule has 0 amide bonds. The zero-order valence-electron chi connectivity index (χ0n) is 10.1. The first-order valence-electron chi connectivity index (χ1n) is 5.85. The molecule has 1 fully saturated rings. The molecule has 1 heterocycles. The van der Waals surface area contributed by atoms with Crippen molar-refractivity contribution in [2.45, 2.75) is 30.7 Å². The molecule has 7 heteroatoms. The van der Waals surface area contributed by atoms with Gasteiger partial charge in [0, 0.05) is 5.69 Å². The normalized spacial score (nSPS) is 35.1. The molecule has 0 bridgehead atoms. The van der Waals surface area contributed by atoms with Crippen molar-refractivity contribution >= 4 is 5.69 Å². The van der Waals surface area contributed by atoms with E-state index in [0.717, 1.165) is 0 Å². The van der Waals surface area contributed by atoms with E-state index in [1.54, 1.807) is 24.3 Å². The minimum Gasteiger partial charge on any atom is -0.462 e. The van der Waals surface area contributed by atoms with Crippen molar-refractivity contribution in [1.82, 2.24) is 0 Å². The highest BCUT2D eigenvalue weighted by Gasteiger charge is 2.44. The topological polar surface area (TPSA) is 125 Å². The summed E-state index contributed by atoms with van der Waals surface area (Å²) in [6.45, 7) is -0.494. The monoisotopic (exact) mass is 271 g/mol. The zero-order chi connectivity index (χ0) is 14.0. The van der Waals surface area contributed by atoms with Gasteiger partial charge in [-0.3, -0.25) is 0 Å². The van der Waals surface area contributed by atoms with Crippen LogP contribution in [0.5, 0.6) is 5.75 Å². The van der Waals surface area contributed by atoms with Crippen LogP contribution >= 0.6 is 0 Å². The Morgan fingerprint density at radius 1 is 1.05 bits per heavy atom. The standard InChI is InChI=1S/C12H17NO6/c13-6-1-3-7(4-2-6)18-12-11(17)10(16)9(15)8(5-14)19-12/h1-4,8-12,14-17H,5,13H2/t8-,9-,10+,11+,12+/m0/s1. The van der Waals surface area contributed by atoms with Crippen LogP contribution in [0.2, 0.25) is 0 Å². The van der Waals surface area contributed by atoms with Crippen molar-refractivity contribution < 1.29 is 29.9 Å². The SMILES string of the molecule is Nc1ccc(O[C@@H]2O[C@@H](CO)[C@H](O)[C@@H](O)[C@H]2O)cc1. The second-order valence-corrected chi connectivity index (χ2v) is 4.38. The predicted octanol–water partition coefficient (Wildman–Crippen LogP) is -1.55. The molecule has 1 aromatic carbocycles. The first-order chi connectivity index (χ1) is 9.02. The quantitative estimate of drug-likeness (QED) is 0.421. The van der Waals surface area contributed by atoms with E-state index >= 15 is 0 Å². The van der Waals surface area contributed by atoms with Crippen LogP contribution < -0.4 is 10.5 Å². The van der Waals surface area contributed by atoms with Gasteiger partial charge in [-0.1, -0.05) is 0 Å². The minimum absolute atomic E-state index is 0.388. The van der Waals surface area contributed by atoms with Gasteiger partial charge < -0.3 is 35.6 Å². The van der Waals surface area contributed by atoms with Gasteiger partial charge in [0.05, 0.1) is 6.61 Å². The molecular weight excluding hydrogens is 254 g/mol. The molecule has 106 valence electrons. The van der Waals surface area contributed by atoms with Crippen molar-refractivity contribution in [1.29, 1.82) is 0 Å². The molecule has 6 N–H and O–H groups in total. The highest BCUT2D eigenvalue weighted by Crippen LogP contribution is 2.24. The highest BCUT2D eigenvalue weighted by atomic mass is 16.7. The van der Waals surface area contributed by atoms with Crippen LogP contribution in [0.4, 0.5) is 5.69 Å². The molecule has 0 spiro atoms. The van der Waals surface area contributed by atoms with Crippen LogP contribution in [0, 0.1) is 0 Å². The lowest BCUT2D eigenvalue weighted by Crippen LogP contribution is -2.60. The average molecular weight is 271 g/mol. The fourth-order valence-electron chi connectivity index (χ4n) is 1.85. The number of anilines is 1. The Hall–Kier alpha value is -1.38. The Morgan fingerprint density at radius 3 is 2.26 bits per heavy atom. The van der Waals surface area contributed by atoms with Crippen molar-refractivity contribution in [3.05, 3.63) is 24.3 Å². The summed E-state index contributed by atoms with van der Waals surface area (Å²) in [5, 5.41) is 38.0. The number of hydrogen-bond acceptors (Lipinski definition) is 7. The summed E-state index contributed by atoms with van der Waals surface area (Å²) < 4.78 is 10.6. The maximum atomic E-state index is 9.77. The number of aliphatic hydroxyl groups excluding tert-OH is 4. The van der Waals surface area contributed by atoms with Crippen molar-refractivity contribution in [3.8, 4) is 5.75 Å². The van der Waals surface area contributed by atoms with Crippen LogP contribution in [0.3, 0.4) is 0 Å². The van der Waals surface area contributed by atoms with Gasteiger partial charge in [0.15, 0.2) is 0 Å². The van der Waals surface area contributed by atoms with Gasteiger partial charge in [-0.2, -0.15) is 0 Å².